The first-order chi connectivity index (χ1) is 9.25. The molecule has 0 aliphatic carbocycles. The fourth-order valence-corrected chi connectivity index (χ4v) is 2.43. The van der Waals surface area contributed by atoms with Crippen molar-refractivity contribution in [3.05, 3.63) is 48.1 Å². The lowest BCUT2D eigenvalue weighted by Crippen LogP contribution is -2.52. The summed E-state index contributed by atoms with van der Waals surface area (Å²) in [4.78, 5) is 17.2. The van der Waals surface area contributed by atoms with Crippen LogP contribution in [-0.2, 0) is 11.3 Å². The summed E-state index contributed by atoms with van der Waals surface area (Å²) in [5, 5.41) is 12.9. The van der Waals surface area contributed by atoms with Crippen LogP contribution in [0, 0.1) is 5.92 Å². The van der Waals surface area contributed by atoms with Gasteiger partial charge in [0.25, 0.3) is 0 Å². The number of hydrogen-bond donors (Lipinski definition) is 1. The lowest BCUT2D eigenvalue weighted by atomic mass is 9.87. The Morgan fingerprint density at radius 2 is 2.21 bits per heavy atom. The van der Waals surface area contributed by atoms with Crippen LogP contribution < -0.4 is 0 Å². The van der Waals surface area contributed by atoms with Crippen LogP contribution in [0.15, 0.2) is 41.2 Å². The lowest BCUT2D eigenvalue weighted by molar-refractivity contribution is -0.154. The molecule has 6 nitrogen and oxygen atoms in total. The maximum absolute atomic E-state index is 11.2. The summed E-state index contributed by atoms with van der Waals surface area (Å²) in [5.74, 6) is -0.852. The molecule has 0 spiro atoms. The Balaban J connectivity index is 1.78. The van der Waals surface area contributed by atoms with Gasteiger partial charge in [-0.3, -0.25) is 9.69 Å². The predicted octanol–water partition coefficient (Wildman–Crippen LogP) is 1.33. The van der Waals surface area contributed by atoms with Crippen LogP contribution >= 0.6 is 0 Å². The summed E-state index contributed by atoms with van der Waals surface area (Å²) in [5.41, 5.74) is 1.14. The molecule has 1 fully saturated rings. The number of carbonyl (C=O) groups is 1. The zero-order chi connectivity index (χ0) is 13.2. The van der Waals surface area contributed by atoms with Crippen LogP contribution in [0.3, 0.4) is 0 Å². The zero-order valence-corrected chi connectivity index (χ0v) is 10.1. The molecule has 1 N–H and O–H groups in total. The maximum atomic E-state index is 11.2. The van der Waals surface area contributed by atoms with Crippen LogP contribution in [-0.4, -0.2) is 32.7 Å². The molecule has 1 aromatic heterocycles. The third kappa shape index (κ3) is 2.22. The Labute approximate surface area is 109 Å². The van der Waals surface area contributed by atoms with Crippen LogP contribution in [0.1, 0.15) is 17.4 Å². The van der Waals surface area contributed by atoms with E-state index in [1.807, 2.05) is 35.2 Å². The molecule has 0 radical (unpaired) electrons. The Bertz CT molecular complexity index is 556. The van der Waals surface area contributed by atoms with Crippen molar-refractivity contribution in [2.45, 2.75) is 12.6 Å². The molecule has 3 rings (SSSR count). The molecular formula is C13H13N3O3. The van der Waals surface area contributed by atoms with Crippen LogP contribution in [0.4, 0.5) is 0 Å². The van der Waals surface area contributed by atoms with E-state index >= 15 is 0 Å². The third-order valence-corrected chi connectivity index (χ3v) is 3.39. The minimum atomic E-state index is -0.820. The average molecular weight is 259 g/mol. The van der Waals surface area contributed by atoms with Gasteiger partial charge >= 0.3 is 5.97 Å². The van der Waals surface area contributed by atoms with Crippen molar-refractivity contribution in [3.63, 3.8) is 0 Å². The van der Waals surface area contributed by atoms with Gasteiger partial charge in [0.15, 0.2) is 5.82 Å². The molecule has 0 bridgehead atoms. The van der Waals surface area contributed by atoms with E-state index in [1.165, 1.54) is 6.39 Å². The molecule has 0 saturated carbocycles. The molecule has 6 heteroatoms. The van der Waals surface area contributed by atoms with Crippen LogP contribution in [0.2, 0.25) is 0 Å². The Kier molecular flexibility index (Phi) is 3.00. The summed E-state index contributed by atoms with van der Waals surface area (Å²) in [7, 11) is 0. The lowest BCUT2D eigenvalue weighted by Gasteiger charge is -2.44. The van der Waals surface area contributed by atoms with Gasteiger partial charge in [0.05, 0.1) is 12.0 Å². The molecule has 2 heterocycles. The Hall–Kier alpha value is -2.21. The second-order valence-corrected chi connectivity index (χ2v) is 4.59. The van der Waals surface area contributed by atoms with Crippen molar-refractivity contribution in [1.82, 2.24) is 15.0 Å². The first-order valence-corrected chi connectivity index (χ1v) is 6.03. The SMILES string of the molecule is O=C(O)C1CN(Cc2ccccc2)C1c1ncon1. The van der Waals surface area contributed by atoms with Gasteiger partial charge in [-0.15, -0.1) is 0 Å². The fourth-order valence-electron chi connectivity index (χ4n) is 2.43. The largest absolute Gasteiger partial charge is 0.481 e. The molecule has 0 amide bonds. The highest BCUT2D eigenvalue weighted by Crippen LogP contribution is 2.38. The molecule has 1 saturated heterocycles. The monoisotopic (exact) mass is 259 g/mol. The van der Waals surface area contributed by atoms with Gasteiger partial charge in [-0.25, -0.2) is 0 Å². The smallest absolute Gasteiger partial charge is 0.309 e. The summed E-state index contributed by atoms with van der Waals surface area (Å²) in [6.07, 6.45) is 1.23. The van der Waals surface area contributed by atoms with E-state index in [0.717, 1.165) is 5.56 Å². The number of hydrogen-bond acceptors (Lipinski definition) is 5. The fraction of sp³-hybridized carbons (Fsp3) is 0.308. The number of aliphatic carboxylic acids is 1. The maximum Gasteiger partial charge on any atom is 0.309 e. The average Bonchev–Trinajstić information content (AvgIpc) is 2.88. The number of aromatic nitrogens is 2. The van der Waals surface area contributed by atoms with E-state index in [9.17, 15) is 9.90 Å². The molecule has 1 aliphatic heterocycles. The number of nitrogens with zero attached hydrogens (tertiary/aromatic N) is 3. The van der Waals surface area contributed by atoms with E-state index in [-0.39, 0.29) is 6.04 Å². The summed E-state index contributed by atoms with van der Waals surface area (Å²) >= 11 is 0. The van der Waals surface area contributed by atoms with Crippen molar-refractivity contribution >= 4 is 5.97 Å². The highest BCUT2D eigenvalue weighted by atomic mass is 16.5. The number of benzene rings is 1. The van der Waals surface area contributed by atoms with Gasteiger partial charge in [0.2, 0.25) is 6.39 Å². The van der Waals surface area contributed by atoms with Gasteiger partial charge in [-0.2, -0.15) is 4.98 Å². The van der Waals surface area contributed by atoms with E-state index in [2.05, 4.69) is 10.1 Å². The van der Waals surface area contributed by atoms with E-state index in [1.54, 1.807) is 0 Å². The van der Waals surface area contributed by atoms with Crippen molar-refractivity contribution in [2.24, 2.45) is 5.92 Å². The first-order valence-electron chi connectivity index (χ1n) is 6.03. The summed E-state index contributed by atoms with van der Waals surface area (Å²) < 4.78 is 4.72. The number of rotatable bonds is 4. The van der Waals surface area contributed by atoms with Crippen molar-refractivity contribution in [3.8, 4) is 0 Å². The molecule has 2 atom stereocenters. The molecule has 2 aromatic rings. The zero-order valence-electron chi connectivity index (χ0n) is 10.1. The number of carboxylic acids is 1. The quantitative estimate of drug-likeness (QED) is 0.892. The molecule has 98 valence electrons. The first kappa shape index (κ1) is 11.9. The summed E-state index contributed by atoms with van der Waals surface area (Å²) in [6.45, 7) is 1.19. The van der Waals surface area contributed by atoms with Crippen LogP contribution in [0.5, 0.6) is 0 Å². The van der Waals surface area contributed by atoms with Crippen molar-refractivity contribution < 1.29 is 14.4 Å². The molecule has 2 unspecified atom stereocenters. The van der Waals surface area contributed by atoms with E-state index in [0.29, 0.717) is 18.9 Å². The number of likely N-dealkylation sites (tertiary alicyclic amines) is 1. The van der Waals surface area contributed by atoms with Crippen LogP contribution in [0.25, 0.3) is 0 Å². The van der Waals surface area contributed by atoms with Gasteiger partial charge in [-0.1, -0.05) is 35.5 Å². The Morgan fingerprint density at radius 1 is 1.42 bits per heavy atom. The van der Waals surface area contributed by atoms with Gasteiger partial charge < -0.3 is 9.63 Å². The topological polar surface area (TPSA) is 79.5 Å². The predicted molar refractivity (Wildman–Crippen MR) is 65.0 cm³/mol. The van der Waals surface area contributed by atoms with Gasteiger partial charge in [0.1, 0.15) is 0 Å². The highest BCUT2D eigenvalue weighted by Gasteiger charge is 2.46. The van der Waals surface area contributed by atoms with E-state index < -0.39 is 11.9 Å². The minimum absolute atomic E-state index is 0.309. The van der Waals surface area contributed by atoms with Gasteiger partial charge in [0, 0.05) is 13.1 Å². The van der Waals surface area contributed by atoms with E-state index in [4.69, 9.17) is 4.52 Å². The normalized spacial score (nSPS) is 22.9. The molecule has 19 heavy (non-hydrogen) atoms. The van der Waals surface area contributed by atoms with Crippen molar-refractivity contribution in [1.29, 1.82) is 0 Å². The standard InChI is InChI=1S/C13H13N3O3/c17-13(18)10-7-16(6-9-4-2-1-3-5-9)11(10)12-14-8-19-15-12/h1-5,8,10-11H,6-7H2,(H,17,18). The molecule has 1 aromatic carbocycles. The second-order valence-electron chi connectivity index (χ2n) is 4.59. The highest BCUT2D eigenvalue weighted by molar-refractivity contribution is 5.72. The second kappa shape index (κ2) is 4.81. The molecular weight excluding hydrogens is 246 g/mol. The summed E-state index contributed by atoms with van der Waals surface area (Å²) in [6, 6.07) is 9.61. The number of carboxylic acid groups (broad SMARTS) is 1. The van der Waals surface area contributed by atoms with Crippen molar-refractivity contribution in [2.75, 3.05) is 6.54 Å². The third-order valence-electron chi connectivity index (χ3n) is 3.39. The molecule has 1 aliphatic rings. The minimum Gasteiger partial charge on any atom is -0.481 e. The van der Waals surface area contributed by atoms with Gasteiger partial charge in [-0.05, 0) is 5.56 Å². The Morgan fingerprint density at radius 3 is 2.84 bits per heavy atom.